The van der Waals surface area contributed by atoms with Crippen molar-refractivity contribution in [3.8, 4) is 11.5 Å². The van der Waals surface area contributed by atoms with E-state index in [2.05, 4.69) is 26.3 Å². The molecular formula is C46H36F8O14S4. The maximum Gasteiger partial charge on any atom is 0.300 e. The number of benzene rings is 6. The molecule has 0 saturated heterocycles. The van der Waals surface area contributed by atoms with Crippen LogP contribution in [-0.4, -0.2) is 51.9 Å². The molecule has 6 aromatic carbocycles. The van der Waals surface area contributed by atoms with Gasteiger partial charge in [0.1, 0.15) is 19.0 Å². The first kappa shape index (κ1) is 59.3. The molecule has 4 N–H and O–H groups in total. The summed E-state index contributed by atoms with van der Waals surface area (Å²) < 4.78 is 237. The third-order valence-corrected chi connectivity index (χ3v) is 12.4. The van der Waals surface area contributed by atoms with Gasteiger partial charge in [0.2, 0.25) is 11.6 Å². The number of ether oxygens (including phenoxy) is 2. The predicted molar refractivity (Wildman–Crippen MR) is 247 cm³/mol. The van der Waals surface area contributed by atoms with Gasteiger partial charge in [-0.15, -0.1) is 0 Å². The van der Waals surface area contributed by atoms with E-state index in [1.165, 1.54) is 48.5 Å². The Morgan fingerprint density at radius 1 is 0.375 bits per heavy atom. The largest absolute Gasteiger partial charge is 0.489 e. The van der Waals surface area contributed by atoms with Crippen molar-refractivity contribution < 1.29 is 96.5 Å². The molecule has 26 heteroatoms. The number of halogens is 8. The standard InChI is InChI=1S/C15H10F4O4S.C15H14O4S.C8H4F4O3S.C8H8O3S/c1-2-8-3-5-9(6-4-8)7-23-14-10(16)12(18)15(24(20,21)22)13(19)11(14)17;1-2-12-3-5-13(6-4-12)11-19-14-7-9-15(10-8-14)20(16,17)18;1-2-3-4(9)6(11)8(16(13,14)15)7(12)5(3)10;1-2-7-3-5-8(6-4-7)12(9,10)11/h2-6H,1,7H2,(H,20,21,22);2-10H,1,11H2,(H,16,17,18);2H,1H2,(H,13,14,15);2-6H,1H2,(H,9,10,11). The number of hydrogen-bond acceptors (Lipinski definition) is 10. The van der Waals surface area contributed by atoms with Crippen molar-refractivity contribution in [1.29, 1.82) is 0 Å². The first-order valence-electron chi connectivity index (χ1n) is 19.2. The van der Waals surface area contributed by atoms with E-state index >= 15 is 0 Å². The summed E-state index contributed by atoms with van der Waals surface area (Å²) in [5.74, 6) is -17.8. The quantitative estimate of drug-likeness (QED) is 0.0451. The smallest absolute Gasteiger partial charge is 0.300 e. The highest BCUT2D eigenvalue weighted by Crippen LogP contribution is 2.33. The van der Waals surface area contributed by atoms with Gasteiger partial charge in [0, 0.05) is 0 Å². The average Bonchev–Trinajstić information content (AvgIpc) is 3.32. The molecule has 72 heavy (non-hydrogen) atoms. The molecule has 0 aliphatic carbocycles. The van der Waals surface area contributed by atoms with Crippen LogP contribution in [0.1, 0.15) is 33.4 Å². The highest BCUT2D eigenvalue weighted by Gasteiger charge is 2.34. The molecule has 0 amide bonds. The normalized spacial score (nSPS) is 11.3. The van der Waals surface area contributed by atoms with E-state index in [0.717, 1.165) is 22.3 Å². The van der Waals surface area contributed by atoms with Gasteiger partial charge in [-0.3, -0.25) is 18.2 Å². The maximum absolute atomic E-state index is 13.8. The first-order valence-corrected chi connectivity index (χ1v) is 24.9. The van der Waals surface area contributed by atoms with Gasteiger partial charge >= 0.3 is 20.2 Å². The molecule has 0 radical (unpaired) electrons. The molecule has 0 bridgehead atoms. The first-order chi connectivity index (χ1) is 33.4. The molecule has 14 nitrogen and oxygen atoms in total. The Kier molecular flexibility index (Phi) is 20.5. The highest BCUT2D eigenvalue weighted by atomic mass is 32.2. The number of rotatable bonds is 14. The molecule has 6 rings (SSSR count). The zero-order valence-electron chi connectivity index (χ0n) is 36.3. The van der Waals surface area contributed by atoms with Gasteiger partial charge in [0.25, 0.3) is 20.2 Å². The van der Waals surface area contributed by atoms with E-state index in [1.54, 1.807) is 42.5 Å². The third-order valence-electron chi connectivity index (χ3n) is 8.91. The van der Waals surface area contributed by atoms with Crippen LogP contribution in [0.2, 0.25) is 0 Å². The van der Waals surface area contributed by atoms with Crippen molar-refractivity contribution in [2.24, 2.45) is 0 Å². The Hall–Kier alpha value is -7.04. The van der Waals surface area contributed by atoms with Gasteiger partial charge in [-0.1, -0.05) is 111 Å². The number of hydrogen-bond donors (Lipinski definition) is 4. The molecule has 0 aliphatic rings. The third kappa shape index (κ3) is 16.0. The second kappa shape index (κ2) is 24.9. The average molecular weight is 1090 g/mol. The van der Waals surface area contributed by atoms with Gasteiger partial charge in [0.15, 0.2) is 50.4 Å². The van der Waals surface area contributed by atoms with Crippen LogP contribution >= 0.6 is 0 Å². The van der Waals surface area contributed by atoms with Crippen LogP contribution in [0.5, 0.6) is 11.5 Å². The minimum Gasteiger partial charge on any atom is -0.489 e. The lowest BCUT2D eigenvalue weighted by Gasteiger charge is -2.12. The van der Waals surface area contributed by atoms with Crippen LogP contribution in [0.4, 0.5) is 35.1 Å². The van der Waals surface area contributed by atoms with E-state index in [9.17, 15) is 68.8 Å². The second-order valence-electron chi connectivity index (χ2n) is 13.7. The Morgan fingerprint density at radius 3 is 0.958 bits per heavy atom. The van der Waals surface area contributed by atoms with Crippen molar-refractivity contribution in [2.75, 3.05) is 0 Å². The predicted octanol–water partition coefficient (Wildman–Crippen LogP) is 10.6. The zero-order valence-corrected chi connectivity index (χ0v) is 39.6. The fourth-order valence-electron chi connectivity index (χ4n) is 5.28. The van der Waals surface area contributed by atoms with Gasteiger partial charge in [-0.05, 0) is 64.2 Å². The summed E-state index contributed by atoms with van der Waals surface area (Å²) >= 11 is 0. The van der Waals surface area contributed by atoms with Crippen LogP contribution < -0.4 is 9.47 Å². The Balaban J connectivity index is 0.000000261. The van der Waals surface area contributed by atoms with Crippen LogP contribution in [0.3, 0.4) is 0 Å². The Labute approximate surface area is 407 Å². The lowest BCUT2D eigenvalue weighted by molar-refractivity contribution is 0.257. The van der Waals surface area contributed by atoms with Crippen LogP contribution in [0.25, 0.3) is 24.3 Å². The van der Waals surface area contributed by atoms with Gasteiger partial charge in [-0.2, -0.15) is 42.5 Å². The fourth-order valence-corrected chi connectivity index (χ4v) is 7.51. The van der Waals surface area contributed by atoms with Crippen LogP contribution in [0.15, 0.2) is 143 Å². The maximum atomic E-state index is 13.8. The molecule has 0 saturated carbocycles. The van der Waals surface area contributed by atoms with E-state index < -0.39 is 115 Å². The summed E-state index contributed by atoms with van der Waals surface area (Å²) in [5.41, 5.74) is 2.88. The van der Waals surface area contributed by atoms with E-state index in [0.29, 0.717) is 24.0 Å². The summed E-state index contributed by atoms with van der Waals surface area (Å²) in [5, 5.41) is 0. The fraction of sp³-hybridized carbons (Fsp3) is 0.0435. The van der Waals surface area contributed by atoms with Gasteiger partial charge in [-0.25, -0.2) is 26.3 Å². The summed E-state index contributed by atoms with van der Waals surface area (Å²) in [6.07, 6.45) is 5.39. The molecule has 0 heterocycles. The highest BCUT2D eigenvalue weighted by molar-refractivity contribution is 7.86. The molecule has 0 unspecified atom stereocenters. The second-order valence-corrected chi connectivity index (χ2v) is 19.3. The van der Waals surface area contributed by atoms with Crippen molar-refractivity contribution in [2.45, 2.75) is 32.8 Å². The molecule has 0 aliphatic heterocycles. The van der Waals surface area contributed by atoms with Crippen molar-refractivity contribution in [3.05, 3.63) is 203 Å². The summed E-state index contributed by atoms with van der Waals surface area (Å²) in [6, 6.07) is 25.4. The molecule has 6 aromatic rings. The lowest BCUT2D eigenvalue weighted by Crippen LogP contribution is -2.12. The minimum atomic E-state index is -5.50. The molecular weight excluding hydrogens is 1060 g/mol. The molecule has 0 spiro atoms. The summed E-state index contributed by atoms with van der Waals surface area (Å²) in [6.45, 7) is 13.6. The Morgan fingerprint density at radius 2 is 0.667 bits per heavy atom. The van der Waals surface area contributed by atoms with Gasteiger partial charge in [0.05, 0.1) is 15.4 Å². The molecule has 384 valence electrons. The van der Waals surface area contributed by atoms with Crippen LogP contribution in [-0.2, 0) is 53.7 Å². The van der Waals surface area contributed by atoms with Gasteiger partial charge < -0.3 is 9.47 Å². The topological polar surface area (TPSA) is 236 Å². The molecule has 0 atom stereocenters. The summed E-state index contributed by atoms with van der Waals surface area (Å²) in [7, 11) is -19.1. The minimum absolute atomic E-state index is 0.104. The van der Waals surface area contributed by atoms with Crippen molar-refractivity contribution in [1.82, 2.24) is 0 Å². The molecule has 0 fully saturated rings. The van der Waals surface area contributed by atoms with Crippen molar-refractivity contribution >= 4 is 64.8 Å². The SMILES string of the molecule is C=Cc1c(F)c(F)c(S(=O)(=O)O)c(F)c1F.C=Cc1ccc(COc2c(F)c(F)c(S(=O)(=O)O)c(F)c2F)cc1.C=Cc1ccc(COc2ccc(S(=O)(=O)O)cc2)cc1.C=Cc1ccc(S(=O)(=O)O)cc1. The molecule has 0 aromatic heterocycles. The monoisotopic (exact) mass is 1090 g/mol. The van der Waals surface area contributed by atoms with E-state index in [1.807, 2.05) is 24.3 Å². The lowest BCUT2D eigenvalue weighted by atomic mass is 10.1. The zero-order chi connectivity index (χ0) is 54.5. The van der Waals surface area contributed by atoms with E-state index in [-0.39, 0.29) is 9.79 Å². The van der Waals surface area contributed by atoms with Crippen molar-refractivity contribution in [3.63, 3.8) is 0 Å². The van der Waals surface area contributed by atoms with E-state index in [4.69, 9.17) is 27.7 Å². The van der Waals surface area contributed by atoms with Crippen LogP contribution in [0, 0.1) is 46.5 Å². The summed E-state index contributed by atoms with van der Waals surface area (Å²) in [4.78, 5) is -4.43. The Bertz CT molecular complexity index is 3370.